The average Bonchev–Trinajstić information content (AvgIpc) is 3.76. The molecule has 0 atom stereocenters. The molecule has 0 amide bonds. The van der Waals surface area contributed by atoms with Crippen molar-refractivity contribution in [2.24, 2.45) is 0 Å². The highest BCUT2D eigenvalue weighted by molar-refractivity contribution is 5.93. The smallest absolute Gasteiger partial charge is 0.423 e. The van der Waals surface area contributed by atoms with Crippen LogP contribution in [0.2, 0.25) is 0 Å². The lowest BCUT2D eigenvalue weighted by atomic mass is 10.1. The van der Waals surface area contributed by atoms with Crippen molar-refractivity contribution in [3.8, 4) is 0 Å². The maximum absolute atomic E-state index is 15.2. The molecule has 2 heterocycles. The number of fused-ring (bicyclic) bond motifs is 1. The van der Waals surface area contributed by atoms with E-state index in [9.17, 15) is 38.0 Å². The van der Waals surface area contributed by atoms with Crippen molar-refractivity contribution in [3.63, 3.8) is 0 Å². The SMILES string of the molecule is O=C(O)c1cn(C2CC2)c2cc(N3CCN(CCCNc4ccc([N+](=O)[O-])c(C(F)(F)F)c4)CC3)c(F)cc2c1=O. The second kappa shape index (κ2) is 11.0. The number of rotatable bonds is 9. The second-order valence-electron chi connectivity index (χ2n) is 10.2. The highest BCUT2D eigenvalue weighted by Gasteiger charge is 2.38. The maximum Gasteiger partial charge on any atom is 0.423 e. The van der Waals surface area contributed by atoms with E-state index in [1.54, 1.807) is 10.6 Å². The summed E-state index contributed by atoms with van der Waals surface area (Å²) < 4.78 is 56.5. The minimum absolute atomic E-state index is 0.0413. The fourth-order valence-corrected chi connectivity index (χ4v) is 5.19. The topological polar surface area (TPSA) is 121 Å². The van der Waals surface area contributed by atoms with Gasteiger partial charge in [-0.1, -0.05) is 0 Å². The number of carboxylic acids is 1. The van der Waals surface area contributed by atoms with Gasteiger partial charge in [-0.05, 0) is 50.1 Å². The Balaban J connectivity index is 1.20. The first kappa shape index (κ1) is 28.3. The third-order valence-corrected chi connectivity index (χ3v) is 7.46. The zero-order valence-corrected chi connectivity index (χ0v) is 21.8. The number of anilines is 2. The molecule has 3 aromatic rings. The van der Waals surface area contributed by atoms with Crippen molar-refractivity contribution in [2.45, 2.75) is 31.5 Å². The quantitative estimate of drug-likeness (QED) is 0.162. The van der Waals surface area contributed by atoms with Crippen LogP contribution in [-0.4, -0.2) is 64.7 Å². The summed E-state index contributed by atoms with van der Waals surface area (Å²) in [6, 6.07) is 5.64. The highest BCUT2D eigenvalue weighted by atomic mass is 19.4. The van der Waals surface area contributed by atoms with Crippen LogP contribution in [0.3, 0.4) is 0 Å². The molecule has 0 unspecified atom stereocenters. The molecule has 1 saturated carbocycles. The number of aromatic carboxylic acids is 1. The molecule has 5 rings (SSSR count). The summed E-state index contributed by atoms with van der Waals surface area (Å²) in [7, 11) is 0. The Morgan fingerprint density at radius 2 is 1.83 bits per heavy atom. The van der Waals surface area contributed by atoms with E-state index in [0.717, 1.165) is 31.0 Å². The maximum atomic E-state index is 15.2. The molecule has 1 saturated heterocycles. The highest BCUT2D eigenvalue weighted by Crippen LogP contribution is 2.39. The second-order valence-corrected chi connectivity index (χ2v) is 10.2. The van der Waals surface area contributed by atoms with Gasteiger partial charge in [-0.15, -0.1) is 0 Å². The van der Waals surface area contributed by atoms with Gasteiger partial charge >= 0.3 is 12.1 Å². The normalized spacial score (nSPS) is 16.2. The van der Waals surface area contributed by atoms with Crippen molar-refractivity contribution in [1.29, 1.82) is 0 Å². The third-order valence-electron chi connectivity index (χ3n) is 7.46. The number of nitrogens with zero attached hydrogens (tertiary/aromatic N) is 4. The first-order valence-electron chi connectivity index (χ1n) is 13.1. The number of carboxylic acid groups (broad SMARTS) is 1. The number of benzene rings is 2. The molecule has 41 heavy (non-hydrogen) atoms. The number of halogens is 4. The Labute approximate surface area is 230 Å². The van der Waals surface area contributed by atoms with Gasteiger partial charge in [0.25, 0.3) is 5.69 Å². The van der Waals surface area contributed by atoms with Gasteiger partial charge in [0.15, 0.2) is 0 Å². The molecule has 2 N–H and O–H groups in total. The van der Waals surface area contributed by atoms with Crippen LogP contribution >= 0.6 is 0 Å². The first-order chi connectivity index (χ1) is 19.4. The van der Waals surface area contributed by atoms with E-state index in [2.05, 4.69) is 10.2 Å². The van der Waals surface area contributed by atoms with Crippen LogP contribution in [0.15, 0.2) is 41.3 Å². The Bertz CT molecular complexity index is 1560. The summed E-state index contributed by atoms with van der Waals surface area (Å²) in [4.78, 5) is 38.1. The Kier molecular flexibility index (Phi) is 7.60. The van der Waals surface area contributed by atoms with Gasteiger partial charge in [0.05, 0.1) is 16.1 Å². The summed E-state index contributed by atoms with van der Waals surface area (Å²) in [5.74, 6) is -1.95. The molecular formula is C27H27F4N5O5. The van der Waals surface area contributed by atoms with Gasteiger partial charge in [-0.2, -0.15) is 13.2 Å². The summed E-state index contributed by atoms with van der Waals surface area (Å²) in [5.41, 5.74) is -2.41. The fraction of sp³-hybridized carbons (Fsp3) is 0.407. The number of nitro benzene ring substituents is 1. The lowest BCUT2D eigenvalue weighted by Gasteiger charge is -2.36. The number of alkyl halides is 3. The predicted octanol–water partition coefficient (Wildman–Crippen LogP) is 4.72. The van der Waals surface area contributed by atoms with Crippen LogP contribution in [-0.2, 0) is 6.18 Å². The zero-order valence-electron chi connectivity index (χ0n) is 21.8. The molecule has 14 heteroatoms. The van der Waals surface area contributed by atoms with E-state index >= 15 is 4.39 Å². The van der Waals surface area contributed by atoms with Crippen molar-refractivity contribution >= 4 is 33.9 Å². The largest absolute Gasteiger partial charge is 0.477 e. The van der Waals surface area contributed by atoms with Crippen LogP contribution in [0, 0.1) is 15.9 Å². The number of nitrogens with one attached hydrogen (secondary N) is 1. The van der Waals surface area contributed by atoms with Gasteiger partial charge in [0, 0.05) is 62.1 Å². The molecule has 218 valence electrons. The molecular weight excluding hydrogens is 550 g/mol. The number of hydrogen-bond acceptors (Lipinski definition) is 7. The van der Waals surface area contributed by atoms with Gasteiger partial charge in [-0.25, -0.2) is 9.18 Å². The third kappa shape index (κ3) is 5.97. The summed E-state index contributed by atoms with van der Waals surface area (Å²) in [5, 5.41) is 23.3. The van der Waals surface area contributed by atoms with Crippen LogP contribution in [0.1, 0.15) is 41.2 Å². The Hall–Kier alpha value is -4.20. The minimum Gasteiger partial charge on any atom is -0.477 e. The number of nitro groups is 1. The molecule has 2 aromatic carbocycles. The summed E-state index contributed by atoms with van der Waals surface area (Å²) in [6.07, 6.45) is -1.20. The van der Waals surface area contributed by atoms with E-state index < -0.39 is 39.6 Å². The molecule has 0 radical (unpaired) electrons. The van der Waals surface area contributed by atoms with Crippen LogP contribution < -0.4 is 15.6 Å². The van der Waals surface area contributed by atoms with Crippen molar-refractivity contribution in [1.82, 2.24) is 9.47 Å². The molecule has 10 nitrogen and oxygen atoms in total. The monoisotopic (exact) mass is 577 g/mol. The van der Waals surface area contributed by atoms with E-state index in [1.165, 1.54) is 12.3 Å². The Morgan fingerprint density at radius 3 is 2.44 bits per heavy atom. The van der Waals surface area contributed by atoms with Crippen LogP contribution in [0.5, 0.6) is 0 Å². The molecule has 2 aliphatic rings. The van der Waals surface area contributed by atoms with Crippen molar-refractivity contribution < 1.29 is 32.4 Å². The minimum atomic E-state index is -4.85. The summed E-state index contributed by atoms with van der Waals surface area (Å²) in [6.45, 7) is 3.23. The zero-order chi connectivity index (χ0) is 29.5. The van der Waals surface area contributed by atoms with Crippen LogP contribution in [0.25, 0.3) is 10.9 Å². The number of aromatic nitrogens is 1. The standard InChI is InChI=1S/C27H27F4N5O5/c28-21-13-18-23(35(17-3-4-17)15-19(25(18)37)26(38)39)14-24(21)34-10-8-33(9-11-34)7-1-6-32-16-2-5-22(36(40)41)20(12-16)27(29,30)31/h2,5,12-15,17,32H,1,3-4,6-11H2,(H,38,39). The van der Waals surface area contributed by atoms with Gasteiger partial charge in [0.1, 0.15) is 16.9 Å². The molecule has 1 aromatic heterocycles. The molecule has 2 fully saturated rings. The molecule has 0 spiro atoms. The Morgan fingerprint density at radius 1 is 1.12 bits per heavy atom. The molecule has 0 bridgehead atoms. The lowest BCUT2D eigenvalue weighted by molar-refractivity contribution is -0.388. The number of hydrogen-bond donors (Lipinski definition) is 2. The van der Waals surface area contributed by atoms with E-state index in [0.29, 0.717) is 56.9 Å². The first-order valence-corrected chi connectivity index (χ1v) is 13.1. The van der Waals surface area contributed by atoms with E-state index in [4.69, 9.17) is 0 Å². The summed E-state index contributed by atoms with van der Waals surface area (Å²) >= 11 is 0. The molecule has 1 aliphatic heterocycles. The van der Waals surface area contributed by atoms with Gasteiger partial charge in [0.2, 0.25) is 5.43 Å². The average molecular weight is 578 g/mol. The van der Waals surface area contributed by atoms with E-state index in [-0.39, 0.29) is 22.7 Å². The number of pyridine rings is 1. The number of carbonyl (C=O) groups is 1. The molecule has 1 aliphatic carbocycles. The fourth-order valence-electron chi connectivity index (χ4n) is 5.19. The van der Waals surface area contributed by atoms with Gasteiger partial charge < -0.3 is 19.9 Å². The van der Waals surface area contributed by atoms with Crippen molar-refractivity contribution in [3.05, 3.63) is 73.8 Å². The predicted molar refractivity (Wildman–Crippen MR) is 143 cm³/mol. The van der Waals surface area contributed by atoms with Crippen molar-refractivity contribution in [2.75, 3.05) is 49.5 Å². The number of piperazine rings is 1. The lowest BCUT2D eigenvalue weighted by Crippen LogP contribution is -2.47. The van der Waals surface area contributed by atoms with Gasteiger partial charge in [-0.3, -0.25) is 19.8 Å². The van der Waals surface area contributed by atoms with E-state index in [1.807, 2.05) is 4.90 Å². The van der Waals surface area contributed by atoms with Crippen LogP contribution in [0.4, 0.5) is 34.6 Å².